The normalized spacial score (nSPS) is 15.2. The Labute approximate surface area is 202 Å². The van der Waals surface area contributed by atoms with Crippen molar-refractivity contribution in [3.8, 4) is 0 Å². The summed E-state index contributed by atoms with van der Waals surface area (Å²) in [5.74, 6) is 1.35. The van der Waals surface area contributed by atoms with Crippen molar-refractivity contribution in [1.82, 2.24) is 10.6 Å². The second-order valence-electron chi connectivity index (χ2n) is 8.19. The molecular formula is C26H46N4O2S. The highest BCUT2D eigenvalue weighted by Crippen LogP contribution is 2.26. The summed E-state index contributed by atoms with van der Waals surface area (Å²) < 4.78 is 18.8. The molecule has 0 amide bonds. The second kappa shape index (κ2) is 19.7. The first-order valence-corrected chi connectivity index (χ1v) is 13.9. The Morgan fingerprint density at radius 3 is 1.70 bits per heavy atom. The molecule has 0 spiro atoms. The van der Waals surface area contributed by atoms with E-state index in [1.54, 1.807) is 0 Å². The summed E-state index contributed by atoms with van der Waals surface area (Å²) in [7, 11) is -3.17. The molecule has 1 aliphatic heterocycles. The van der Waals surface area contributed by atoms with E-state index in [4.69, 9.17) is 5.73 Å². The van der Waals surface area contributed by atoms with Gasteiger partial charge in [0.2, 0.25) is 10.0 Å². The number of benzene rings is 2. The fourth-order valence-corrected chi connectivity index (χ4v) is 3.34. The number of hydrogen-bond acceptors (Lipinski definition) is 5. The van der Waals surface area contributed by atoms with E-state index in [2.05, 4.69) is 85.1 Å². The first kappa shape index (κ1) is 31.2. The van der Waals surface area contributed by atoms with Gasteiger partial charge >= 0.3 is 0 Å². The molecule has 188 valence electrons. The first-order chi connectivity index (χ1) is 15.7. The van der Waals surface area contributed by atoms with Crippen molar-refractivity contribution in [3.63, 3.8) is 0 Å². The third-order valence-corrected chi connectivity index (χ3v) is 4.90. The minimum atomic E-state index is -3.17. The van der Waals surface area contributed by atoms with Crippen LogP contribution in [-0.2, 0) is 10.0 Å². The highest BCUT2D eigenvalue weighted by atomic mass is 32.2. The Balaban J connectivity index is 0.000000498. The Bertz CT molecular complexity index is 731. The SMILES string of the molecule is CC1CCCNC1.CCNCC.CS(N)(=O)=O.NCCC(c1ccccc1)c1ccccc1. The topological polar surface area (TPSA) is 110 Å². The molecule has 1 fully saturated rings. The van der Waals surface area contributed by atoms with Gasteiger partial charge in [-0.15, -0.1) is 0 Å². The molecule has 2 aromatic rings. The third kappa shape index (κ3) is 19.4. The zero-order chi connectivity index (χ0) is 25.0. The zero-order valence-electron chi connectivity index (χ0n) is 21.0. The molecule has 0 aliphatic carbocycles. The number of nitrogens with one attached hydrogen (secondary N) is 2. The number of hydrogen-bond donors (Lipinski definition) is 4. The van der Waals surface area contributed by atoms with Gasteiger partial charge in [-0.25, -0.2) is 13.6 Å². The Kier molecular flexibility index (Phi) is 18.6. The largest absolute Gasteiger partial charge is 0.330 e. The van der Waals surface area contributed by atoms with Crippen LogP contribution in [0.25, 0.3) is 0 Å². The molecule has 0 radical (unpaired) electrons. The van der Waals surface area contributed by atoms with Crippen LogP contribution in [-0.4, -0.2) is 47.4 Å². The molecule has 1 saturated heterocycles. The van der Waals surface area contributed by atoms with Gasteiger partial charge in [-0.1, -0.05) is 81.4 Å². The van der Waals surface area contributed by atoms with Gasteiger partial charge < -0.3 is 16.4 Å². The molecule has 1 atom stereocenters. The van der Waals surface area contributed by atoms with Crippen LogP contribution in [0.1, 0.15) is 57.1 Å². The molecule has 1 heterocycles. The van der Waals surface area contributed by atoms with Crippen molar-refractivity contribution in [2.75, 3.05) is 39.0 Å². The van der Waals surface area contributed by atoms with E-state index in [-0.39, 0.29) is 0 Å². The van der Waals surface area contributed by atoms with E-state index < -0.39 is 10.0 Å². The van der Waals surface area contributed by atoms with E-state index >= 15 is 0 Å². The van der Waals surface area contributed by atoms with Gasteiger partial charge in [-0.2, -0.15) is 0 Å². The zero-order valence-corrected chi connectivity index (χ0v) is 21.8. The molecule has 1 aliphatic rings. The van der Waals surface area contributed by atoms with E-state index in [1.807, 2.05) is 12.1 Å². The van der Waals surface area contributed by atoms with Crippen LogP contribution in [0.3, 0.4) is 0 Å². The summed E-state index contributed by atoms with van der Waals surface area (Å²) in [6, 6.07) is 21.1. The number of primary sulfonamides is 1. The van der Waals surface area contributed by atoms with Crippen molar-refractivity contribution < 1.29 is 8.42 Å². The van der Waals surface area contributed by atoms with Crippen LogP contribution in [0, 0.1) is 5.92 Å². The monoisotopic (exact) mass is 478 g/mol. The third-order valence-electron chi connectivity index (χ3n) is 4.90. The number of sulfonamides is 1. The Morgan fingerprint density at radius 1 is 1.00 bits per heavy atom. The average molecular weight is 479 g/mol. The summed E-state index contributed by atoms with van der Waals surface area (Å²) in [5, 5.41) is 10.8. The van der Waals surface area contributed by atoms with Crippen LogP contribution < -0.4 is 21.5 Å². The van der Waals surface area contributed by atoms with Gasteiger partial charge in [0.1, 0.15) is 0 Å². The van der Waals surface area contributed by atoms with Gasteiger partial charge in [-0.3, -0.25) is 0 Å². The van der Waals surface area contributed by atoms with E-state index in [0.29, 0.717) is 12.5 Å². The summed E-state index contributed by atoms with van der Waals surface area (Å²) in [6.07, 6.45) is 4.73. The second-order valence-corrected chi connectivity index (χ2v) is 9.85. The lowest BCUT2D eigenvalue weighted by atomic mass is 9.89. The Hall–Kier alpha value is -1.77. The van der Waals surface area contributed by atoms with Gasteiger partial charge in [-0.05, 0) is 69.0 Å². The van der Waals surface area contributed by atoms with Gasteiger partial charge in [0.15, 0.2) is 0 Å². The predicted octanol–water partition coefficient (Wildman–Crippen LogP) is 3.69. The van der Waals surface area contributed by atoms with Gasteiger partial charge in [0.05, 0.1) is 6.26 Å². The number of piperidine rings is 1. The summed E-state index contributed by atoms with van der Waals surface area (Å²) in [4.78, 5) is 0. The highest BCUT2D eigenvalue weighted by molar-refractivity contribution is 7.88. The van der Waals surface area contributed by atoms with Crippen LogP contribution in [0.2, 0.25) is 0 Å². The number of nitrogens with two attached hydrogens (primary N) is 2. The molecule has 0 saturated carbocycles. The standard InChI is InChI=1S/C15H17N.C6H13N.C4H11N.CH5NO2S/c16-12-11-15(13-7-3-1-4-8-13)14-9-5-2-6-10-14;1-6-3-2-4-7-5-6;1-3-5-4-2;1-5(2,3)4/h1-10,15H,11-12,16H2;6-7H,2-5H2,1H3;5H,3-4H2,1-2H3;1H3,(H2,2,3,4). The lowest BCUT2D eigenvalue weighted by Gasteiger charge is -2.17. The lowest BCUT2D eigenvalue weighted by molar-refractivity contribution is 0.405. The summed E-state index contributed by atoms with van der Waals surface area (Å²) >= 11 is 0. The fourth-order valence-electron chi connectivity index (χ4n) is 3.34. The smallest absolute Gasteiger partial charge is 0.206 e. The van der Waals surface area contributed by atoms with Crippen LogP contribution in [0.5, 0.6) is 0 Å². The van der Waals surface area contributed by atoms with Crippen molar-refractivity contribution in [2.45, 2.75) is 46.0 Å². The fraction of sp³-hybridized carbons (Fsp3) is 0.538. The van der Waals surface area contributed by atoms with Crippen LogP contribution >= 0.6 is 0 Å². The molecule has 7 heteroatoms. The van der Waals surface area contributed by atoms with Crippen molar-refractivity contribution in [1.29, 1.82) is 0 Å². The molecule has 1 unspecified atom stereocenters. The quantitative estimate of drug-likeness (QED) is 0.506. The van der Waals surface area contributed by atoms with Crippen LogP contribution in [0.15, 0.2) is 60.7 Å². The minimum absolute atomic E-state index is 0.424. The van der Waals surface area contributed by atoms with Crippen molar-refractivity contribution in [2.24, 2.45) is 16.8 Å². The molecular weight excluding hydrogens is 432 g/mol. The van der Waals surface area contributed by atoms with E-state index in [0.717, 1.165) is 31.7 Å². The number of rotatable bonds is 6. The maximum atomic E-state index is 9.41. The maximum Gasteiger partial charge on any atom is 0.206 e. The molecule has 6 nitrogen and oxygen atoms in total. The van der Waals surface area contributed by atoms with Gasteiger partial charge in [0, 0.05) is 5.92 Å². The maximum absolute atomic E-state index is 9.41. The minimum Gasteiger partial charge on any atom is -0.330 e. The van der Waals surface area contributed by atoms with Crippen molar-refractivity contribution >= 4 is 10.0 Å². The summed E-state index contributed by atoms with van der Waals surface area (Å²) in [6.45, 7) is 11.9. The predicted molar refractivity (Wildman–Crippen MR) is 143 cm³/mol. The lowest BCUT2D eigenvalue weighted by Crippen LogP contribution is -2.27. The van der Waals surface area contributed by atoms with Crippen LogP contribution in [0.4, 0.5) is 0 Å². The van der Waals surface area contributed by atoms with Crippen molar-refractivity contribution in [3.05, 3.63) is 71.8 Å². The molecule has 0 aromatic heterocycles. The molecule has 2 aromatic carbocycles. The van der Waals surface area contributed by atoms with Gasteiger partial charge in [0.25, 0.3) is 0 Å². The molecule has 33 heavy (non-hydrogen) atoms. The summed E-state index contributed by atoms with van der Waals surface area (Å²) in [5.41, 5.74) is 8.40. The average Bonchev–Trinajstić information content (AvgIpc) is 2.79. The molecule has 0 bridgehead atoms. The molecule has 6 N–H and O–H groups in total. The van der Waals surface area contributed by atoms with E-state index in [9.17, 15) is 8.42 Å². The molecule has 3 rings (SSSR count). The Morgan fingerprint density at radius 2 is 1.45 bits per heavy atom. The first-order valence-electron chi connectivity index (χ1n) is 11.9. The highest BCUT2D eigenvalue weighted by Gasteiger charge is 2.12. The van der Waals surface area contributed by atoms with E-state index in [1.165, 1.54) is 37.1 Å².